The van der Waals surface area contributed by atoms with E-state index in [9.17, 15) is 14.7 Å². The van der Waals surface area contributed by atoms with E-state index in [4.69, 9.17) is 9.47 Å². The van der Waals surface area contributed by atoms with Crippen LogP contribution >= 0.6 is 15.9 Å². The van der Waals surface area contributed by atoms with E-state index in [0.29, 0.717) is 25.9 Å². The van der Waals surface area contributed by atoms with Gasteiger partial charge in [-0.05, 0) is 76.4 Å². The molecule has 1 aromatic rings. The number of carbonyl (C=O) groups excluding carboxylic acids is 2. The van der Waals surface area contributed by atoms with Crippen LogP contribution in [0.3, 0.4) is 0 Å². The van der Waals surface area contributed by atoms with Crippen molar-refractivity contribution in [2.45, 2.75) is 71.5 Å². The number of piperidine rings is 1. The van der Waals surface area contributed by atoms with E-state index in [0.717, 1.165) is 5.69 Å². The first kappa shape index (κ1) is 23.3. The SMILES string of the molecule is CC(C)(C)OC(=O)Nc1cc(C2CCN(C(=O)OC(C)(C)C)CC2)nc(Br)c1O. The molecule has 0 unspecified atom stereocenters. The number of hydrogen-bond donors (Lipinski definition) is 2. The Morgan fingerprint density at radius 2 is 1.69 bits per heavy atom. The highest BCUT2D eigenvalue weighted by molar-refractivity contribution is 9.10. The van der Waals surface area contributed by atoms with Crippen LogP contribution in [-0.2, 0) is 9.47 Å². The van der Waals surface area contributed by atoms with Crippen LogP contribution < -0.4 is 5.32 Å². The summed E-state index contributed by atoms with van der Waals surface area (Å²) in [5.74, 6) is -0.0735. The number of ether oxygens (including phenoxy) is 2. The molecule has 0 atom stereocenters. The molecule has 2 amide bonds. The molecule has 1 saturated heterocycles. The first-order chi connectivity index (χ1) is 13.2. The molecule has 0 spiro atoms. The van der Waals surface area contributed by atoms with Crippen molar-refractivity contribution in [2.75, 3.05) is 18.4 Å². The average Bonchev–Trinajstić information content (AvgIpc) is 2.55. The molecule has 0 aromatic carbocycles. The number of aromatic hydroxyl groups is 1. The van der Waals surface area contributed by atoms with Crippen molar-refractivity contribution in [3.8, 4) is 5.75 Å². The normalized spacial score (nSPS) is 15.8. The van der Waals surface area contributed by atoms with Crippen LogP contribution in [-0.4, -0.2) is 51.5 Å². The Morgan fingerprint density at radius 1 is 1.14 bits per heavy atom. The van der Waals surface area contributed by atoms with Crippen molar-refractivity contribution in [1.29, 1.82) is 0 Å². The lowest BCUT2D eigenvalue weighted by Crippen LogP contribution is -2.41. The van der Waals surface area contributed by atoms with E-state index in [2.05, 4.69) is 26.2 Å². The number of nitrogens with zero attached hydrogens (tertiary/aromatic N) is 2. The van der Waals surface area contributed by atoms with Gasteiger partial charge in [-0.3, -0.25) is 5.32 Å². The number of anilines is 1. The van der Waals surface area contributed by atoms with Crippen LogP contribution in [0.2, 0.25) is 0 Å². The third-order valence-corrected chi connectivity index (χ3v) is 4.72. The second-order valence-electron chi connectivity index (χ2n) is 9.10. The van der Waals surface area contributed by atoms with Crippen molar-refractivity contribution in [3.63, 3.8) is 0 Å². The molecule has 0 bridgehead atoms. The fourth-order valence-corrected chi connectivity index (χ4v) is 3.35. The van der Waals surface area contributed by atoms with Gasteiger partial charge in [-0.25, -0.2) is 14.6 Å². The highest BCUT2D eigenvalue weighted by atomic mass is 79.9. The van der Waals surface area contributed by atoms with Crippen molar-refractivity contribution >= 4 is 33.8 Å². The number of halogens is 1. The number of amides is 2. The summed E-state index contributed by atoms with van der Waals surface area (Å²) in [6.45, 7) is 11.9. The summed E-state index contributed by atoms with van der Waals surface area (Å²) in [4.78, 5) is 30.4. The van der Waals surface area contributed by atoms with Crippen LogP contribution in [0.5, 0.6) is 5.75 Å². The van der Waals surface area contributed by atoms with Crippen LogP contribution in [0.4, 0.5) is 15.3 Å². The van der Waals surface area contributed by atoms with Crippen molar-refractivity contribution in [1.82, 2.24) is 9.88 Å². The average molecular weight is 472 g/mol. The standard InChI is InChI=1S/C20H30BrN3O5/c1-19(2,3)28-17(26)23-14-11-13(22-16(21)15(14)25)12-7-9-24(10-8-12)18(27)29-20(4,5)6/h11-12,25H,7-10H2,1-6H3,(H,22,23,26). The number of nitrogens with one attached hydrogen (secondary N) is 1. The Bertz CT molecular complexity index is 763. The Balaban J connectivity index is 2.07. The van der Waals surface area contributed by atoms with Gasteiger partial charge in [0, 0.05) is 24.7 Å². The maximum absolute atomic E-state index is 12.2. The summed E-state index contributed by atoms with van der Waals surface area (Å²) in [6.07, 6.45) is 0.435. The third-order valence-electron chi connectivity index (χ3n) is 4.17. The molecule has 2 heterocycles. The summed E-state index contributed by atoms with van der Waals surface area (Å²) < 4.78 is 10.9. The predicted molar refractivity (Wildman–Crippen MR) is 113 cm³/mol. The quantitative estimate of drug-likeness (QED) is 0.587. The Labute approximate surface area is 180 Å². The van der Waals surface area contributed by atoms with E-state index in [1.165, 1.54) is 0 Å². The van der Waals surface area contributed by atoms with E-state index < -0.39 is 17.3 Å². The van der Waals surface area contributed by atoms with Crippen LogP contribution in [0.1, 0.15) is 66.0 Å². The maximum atomic E-state index is 12.2. The molecule has 1 aromatic heterocycles. The monoisotopic (exact) mass is 471 g/mol. The Kier molecular flexibility index (Phi) is 7.03. The minimum Gasteiger partial charge on any atom is -0.504 e. The van der Waals surface area contributed by atoms with E-state index >= 15 is 0 Å². The number of aromatic nitrogens is 1. The molecule has 2 N–H and O–H groups in total. The van der Waals surface area contributed by atoms with Crippen LogP contribution in [0.25, 0.3) is 0 Å². The third kappa shape index (κ3) is 7.06. The number of carbonyl (C=O) groups is 2. The number of rotatable bonds is 2. The highest BCUT2D eigenvalue weighted by Gasteiger charge is 2.29. The molecule has 1 fully saturated rings. The van der Waals surface area contributed by atoms with E-state index in [-0.39, 0.29) is 28.1 Å². The molecule has 0 radical (unpaired) electrons. The smallest absolute Gasteiger partial charge is 0.412 e. The lowest BCUT2D eigenvalue weighted by Gasteiger charge is -2.33. The largest absolute Gasteiger partial charge is 0.504 e. The van der Waals surface area contributed by atoms with E-state index in [1.54, 1.807) is 31.7 Å². The first-order valence-corrected chi connectivity index (χ1v) is 10.4. The zero-order chi connectivity index (χ0) is 22.0. The van der Waals surface area contributed by atoms with Gasteiger partial charge in [0.25, 0.3) is 0 Å². The summed E-state index contributed by atoms with van der Waals surface area (Å²) in [5, 5.41) is 12.8. The van der Waals surface area contributed by atoms with Gasteiger partial charge in [-0.2, -0.15) is 0 Å². The Hall–Kier alpha value is -2.03. The zero-order valence-electron chi connectivity index (χ0n) is 17.8. The summed E-state index contributed by atoms with van der Waals surface area (Å²) in [7, 11) is 0. The molecular weight excluding hydrogens is 442 g/mol. The minimum absolute atomic E-state index is 0.0878. The van der Waals surface area contributed by atoms with Crippen molar-refractivity contribution < 1.29 is 24.2 Å². The molecule has 0 aliphatic carbocycles. The fraction of sp³-hybridized carbons (Fsp3) is 0.650. The number of likely N-dealkylation sites (tertiary alicyclic amines) is 1. The van der Waals surface area contributed by atoms with Gasteiger partial charge < -0.3 is 19.5 Å². The molecule has 8 nitrogen and oxygen atoms in total. The van der Waals surface area contributed by atoms with Gasteiger partial charge >= 0.3 is 12.2 Å². The fourth-order valence-electron chi connectivity index (χ4n) is 2.93. The van der Waals surface area contributed by atoms with Crippen LogP contribution in [0.15, 0.2) is 10.7 Å². The molecule has 2 rings (SSSR count). The number of hydrogen-bond acceptors (Lipinski definition) is 6. The van der Waals surface area contributed by atoms with Gasteiger partial charge in [-0.1, -0.05) is 0 Å². The highest BCUT2D eigenvalue weighted by Crippen LogP contribution is 2.36. The first-order valence-electron chi connectivity index (χ1n) is 9.62. The second-order valence-corrected chi connectivity index (χ2v) is 9.85. The van der Waals surface area contributed by atoms with Gasteiger partial charge in [0.2, 0.25) is 0 Å². The van der Waals surface area contributed by atoms with Crippen molar-refractivity contribution in [2.24, 2.45) is 0 Å². The van der Waals surface area contributed by atoms with Gasteiger partial charge in [-0.15, -0.1) is 0 Å². The summed E-state index contributed by atoms with van der Waals surface area (Å²) >= 11 is 3.25. The second kappa shape index (κ2) is 8.77. The lowest BCUT2D eigenvalue weighted by atomic mass is 9.93. The predicted octanol–water partition coefficient (Wildman–Crippen LogP) is 5.01. The Morgan fingerprint density at radius 3 is 2.21 bits per heavy atom. The molecule has 162 valence electrons. The molecule has 1 aliphatic rings. The molecule has 0 saturated carbocycles. The minimum atomic E-state index is -0.656. The van der Waals surface area contributed by atoms with E-state index in [1.807, 2.05) is 20.8 Å². The summed E-state index contributed by atoms with van der Waals surface area (Å²) in [6, 6.07) is 1.65. The molecule has 29 heavy (non-hydrogen) atoms. The van der Waals surface area contributed by atoms with Crippen molar-refractivity contribution in [3.05, 3.63) is 16.4 Å². The maximum Gasteiger partial charge on any atom is 0.412 e. The van der Waals surface area contributed by atoms with Gasteiger partial charge in [0.05, 0.1) is 5.69 Å². The topological polar surface area (TPSA) is 101 Å². The molecular formula is C20H30BrN3O5. The zero-order valence-corrected chi connectivity index (χ0v) is 19.4. The summed E-state index contributed by atoms with van der Waals surface area (Å²) in [5.41, 5.74) is -0.226. The lowest BCUT2D eigenvalue weighted by molar-refractivity contribution is 0.0203. The van der Waals surface area contributed by atoms with Gasteiger partial charge in [0.1, 0.15) is 15.8 Å². The molecule has 9 heteroatoms. The molecule has 1 aliphatic heterocycles. The number of pyridine rings is 1. The van der Waals surface area contributed by atoms with Gasteiger partial charge in [0.15, 0.2) is 5.75 Å². The van der Waals surface area contributed by atoms with Crippen LogP contribution in [0, 0.1) is 0 Å².